The maximum Gasteiger partial charge on any atom is 0.0808 e. The first-order chi connectivity index (χ1) is 14.8. The number of rotatable bonds is 6. The molecule has 2 N–H and O–H groups in total. The van der Waals surface area contributed by atoms with E-state index in [0.29, 0.717) is 12.8 Å². The van der Waals surface area contributed by atoms with Crippen molar-refractivity contribution in [3.63, 3.8) is 0 Å². The third-order valence-corrected chi connectivity index (χ3v) is 6.24. The van der Waals surface area contributed by atoms with Crippen molar-refractivity contribution in [2.75, 3.05) is 6.54 Å². The Balaban J connectivity index is 1.70. The van der Waals surface area contributed by atoms with Crippen molar-refractivity contribution < 1.29 is 5.11 Å². The predicted molar refractivity (Wildman–Crippen MR) is 130 cm³/mol. The average Bonchev–Trinajstić information content (AvgIpc) is 3.18. The normalized spacial score (nSPS) is 16.2. The number of benzene rings is 3. The Hall–Kier alpha value is -2.84. The molecule has 0 aromatic heterocycles. The zero-order chi connectivity index (χ0) is 22.0. The summed E-state index contributed by atoms with van der Waals surface area (Å²) in [6.07, 6.45) is 3.50. The molecule has 0 unspecified atom stereocenters. The van der Waals surface area contributed by atoms with E-state index in [9.17, 15) is 5.11 Å². The molecule has 1 aliphatic rings. The lowest BCUT2D eigenvalue weighted by Gasteiger charge is -2.34. The molecule has 0 aliphatic carbocycles. The van der Waals surface area contributed by atoms with Crippen LogP contribution in [0, 0.1) is 33.6 Å². The van der Waals surface area contributed by atoms with Gasteiger partial charge in [-0.1, -0.05) is 95.1 Å². The molecule has 0 fully saturated rings. The molecular weight excluding hydrogens is 378 g/mol. The summed E-state index contributed by atoms with van der Waals surface area (Å²) in [4.78, 5) is 0. The van der Waals surface area contributed by atoms with Gasteiger partial charge < -0.3 is 10.4 Å². The summed E-state index contributed by atoms with van der Waals surface area (Å²) in [5.41, 5.74) is 8.79. The highest BCUT2D eigenvalue weighted by atomic mass is 16.3. The standard InChI is InChI=1S/C29H33NO/c1-20-10-21(2)13-24(12-20)17-29(31,18-25-14-22(3)11-23(4)15-25)27-16-28(30-19-27)26-8-6-5-7-9-26/h5-16,27,30-31H,17-19H2,1-4H3/t27-/m1/s1. The minimum absolute atomic E-state index is 0.0318. The van der Waals surface area contributed by atoms with E-state index in [1.807, 2.05) is 6.07 Å². The fourth-order valence-corrected chi connectivity index (χ4v) is 5.07. The number of aliphatic hydroxyl groups is 1. The molecule has 1 atom stereocenters. The quantitative estimate of drug-likeness (QED) is 0.545. The van der Waals surface area contributed by atoms with Crippen LogP contribution < -0.4 is 5.32 Å². The van der Waals surface area contributed by atoms with Crippen LogP contribution in [-0.2, 0) is 12.8 Å². The molecule has 1 aliphatic heterocycles. The summed E-state index contributed by atoms with van der Waals surface area (Å²) in [7, 11) is 0. The van der Waals surface area contributed by atoms with Gasteiger partial charge in [-0.25, -0.2) is 0 Å². The maximum absolute atomic E-state index is 12.2. The molecule has 3 aromatic carbocycles. The monoisotopic (exact) mass is 411 g/mol. The van der Waals surface area contributed by atoms with Crippen LogP contribution in [0.2, 0.25) is 0 Å². The van der Waals surface area contributed by atoms with Gasteiger partial charge in [-0.05, 0) is 44.4 Å². The van der Waals surface area contributed by atoms with E-state index in [1.165, 1.54) is 38.9 Å². The SMILES string of the molecule is Cc1cc(C)cc(CC(O)(Cc2cc(C)cc(C)c2)[C@@H]2C=C(c3ccccc3)NC2)c1. The van der Waals surface area contributed by atoms with E-state index >= 15 is 0 Å². The van der Waals surface area contributed by atoms with Crippen molar-refractivity contribution >= 4 is 5.70 Å². The summed E-state index contributed by atoms with van der Waals surface area (Å²) in [6, 6.07) is 23.6. The molecular formula is C29H33NO. The van der Waals surface area contributed by atoms with Gasteiger partial charge in [0.25, 0.3) is 0 Å². The van der Waals surface area contributed by atoms with Crippen LogP contribution >= 0.6 is 0 Å². The Morgan fingerprint density at radius 3 is 1.74 bits per heavy atom. The Morgan fingerprint density at radius 2 is 1.26 bits per heavy atom. The summed E-state index contributed by atoms with van der Waals surface area (Å²) in [6.45, 7) is 9.26. The minimum Gasteiger partial charge on any atom is -0.389 e. The summed E-state index contributed by atoms with van der Waals surface area (Å²) in [5.74, 6) is 0.0318. The van der Waals surface area contributed by atoms with Crippen LogP contribution in [0.3, 0.4) is 0 Å². The second-order valence-corrected chi connectivity index (χ2v) is 9.38. The first-order valence-electron chi connectivity index (χ1n) is 11.2. The van der Waals surface area contributed by atoms with Crippen molar-refractivity contribution in [3.8, 4) is 0 Å². The Bertz CT molecular complexity index is 1000. The summed E-state index contributed by atoms with van der Waals surface area (Å²) < 4.78 is 0. The largest absolute Gasteiger partial charge is 0.389 e. The molecule has 0 spiro atoms. The van der Waals surface area contributed by atoms with E-state index in [-0.39, 0.29) is 5.92 Å². The Morgan fingerprint density at radius 1 is 0.774 bits per heavy atom. The third-order valence-electron chi connectivity index (χ3n) is 6.24. The van der Waals surface area contributed by atoms with E-state index in [4.69, 9.17) is 0 Å². The van der Waals surface area contributed by atoms with Crippen molar-refractivity contribution in [2.45, 2.75) is 46.1 Å². The van der Waals surface area contributed by atoms with Crippen LogP contribution in [0.1, 0.15) is 38.9 Å². The first kappa shape index (κ1) is 21.4. The first-order valence-corrected chi connectivity index (χ1v) is 11.2. The molecule has 0 radical (unpaired) electrons. The van der Waals surface area contributed by atoms with E-state index in [0.717, 1.165) is 12.2 Å². The highest BCUT2D eigenvalue weighted by Gasteiger charge is 2.38. The molecule has 1 heterocycles. The van der Waals surface area contributed by atoms with Gasteiger partial charge in [0, 0.05) is 31.0 Å². The second kappa shape index (κ2) is 8.72. The number of nitrogens with one attached hydrogen (secondary N) is 1. The molecule has 0 bridgehead atoms. The van der Waals surface area contributed by atoms with E-state index < -0.39 is 5.60 Å². The number of hydrogen-bond acceptors (Lipinski definition) is 2. The van der Waals surface area contributed by atoms with Gasteiger partial charge in [0.05, 0.1) is 5.60 Å². The molecule has 160 valence electrons. The highest BCUT2D eigenvalue weighted by Crippen LogP contribution is 2.34. The zero-order valence-electron chi connectivity index (χ0n) is 19.1. The van der Waals surface area contributed by atoms with Crippen molar-refractivity contribution in [1.29, 1.82) is 0 Å². The molecule has 0 amide bonds. The van der Waals surface area contributed by atoms with Crippen LogP contribution in [0.15, 0.2) is 72.8 Å². The summed E-state index contributed by atoms with van der Waals surface area (Å²) in [5, 5.41) is 15.7. The van der Waals surface area contributed by atoms with Gasteiger partial charge in [-0.2, -0.15) is 0 Å². The fourth-order valence-electron chi connectivity index (χ4n) is 5.07. The number of hydrogen-bond donors (Lipinski definition) is 2. The van der Waals surface area contributed by atoms with Crippen LogP contribution in [-0.4, -0.2) is 17.3 Å². The van der Waals surface area contributed by atoms with Gasteiger partial charge in [0.2, 0.25) is 0 Å². The van der Waals surface area contributed by atoms with Crippen molar-refractivity contribution in [3.05, 3.63) is 112 Å². The maximum atomic E-state index is 12.2. The predicted octanol–water partition coefficient (Wildman–Crippen LogP) is 5.70. The van der Waals surface area contributed by atoms with Crippen LogP contribution in [0.25, 0.3) is 5.70 Å². The molecule has 3 aromatic rings. The van der Waals surface area contributed by atoms with Crippen molar-refractivity contribution in [2.24, 2.45) is 5.92 Å². The molecule has 0 saturated carbocycles. The minimum atomic E-state index is -0.871. The van der Waals surface area contributed by atoms with E-state index in [1.54, 1.807) is 0 Å². The van der Waals surface area contributed by atoms with Crippen molar-refractivity contribution in [1.82, 2.24) is 5.32 Å². The van der Waals surface area contributed by atoms with E-state index in [2.05, 4.69) is 99.8 Å². The Kier molecular flexibility index (Phi) is 6.02. The second-order valence-electron chi connectivity index (χ2n) is 9.38. The zero-order valence-corrected chi connectivity index (χ0v) is 19.1. The molecule has 2 heteroatoms. The highest BCUT2D eigenvalue weighted by molar-refractivity contribution is 5.66. The molecule has 2 nitrogen and oxygen atoms in total. The smallest absolute Gasteiger partial charge is 0.0808 e. The van der Waals surface area contributed by atoms with Gasteiger partial charge in [0.15, 0.2) is 0 Å². The van der Waals surface area contributed by atoms with Crippen LogP contribution in [0.5, 0.6) is 0 Å². The lowest BCUT2D eigenvalue weighted by Crippen LogP contribution is -2.43. The van der Waals surface area contributed by atoms with Gasteiger partial charge in [0.1, 0.15) is 0 Å². The van der Waals surface area contributed by atoms with Gasteiger partial charge in [-0.15, -0.1) is 0 Å². The topological polar surface area (TPSA) is 32.3 Å². The van der Waals surface area contributed by atoms with Gasteiger partial charge >= 0.3 is 0 Å². The van der Waals surface area contributed by atoms with Gasteiger partial charge in [-0.3, -0.25) is 0 Å². The summed E-state index contributed by atoms with van der Waals surface area (Å²) >= 11 is 0. The fraction of sp³-hybridized carbons (Fsp3) is 0.310. The molecule has 0 saturated heterocycles. The lowest BCUT2D eigenvalue weighted by molar-refractivity contribution is 0.00383. The average molecular weight is 412 g/mol. The molecule has 4 rings (SSSR count). The third kappa shape index (κ3) is 5.08. The Labute approximate surface area is 186 Å². The molecule has 31 heavy (non-hydrogen) atoms. The number of aryl methyl sites for hydroxylation is 4. The van der Waals surface area contributed by atoms with Crippen LogP contribution in [0.4, 0.5) is 0 Å². The lowest BCUT2D eigenvalue weighted by atomic mass is 9.77.